The van der Waals surface area contributed by atoms with Gasteiger partial charge in [0.2, 0.25) is 1.43 Å². The van der Waals surface area contributed by atoms with Crippen LogP contribution >= 0.6 is 0 Å². The zero-order valence-electron chi connectivity index (χ0n) is 14.0. The molecule has 0 aliphatic heterocycles. The molecule has 0 heterocycles. The number of hydrogen-bond donors (Lipinski definition) is 2. The topological polar surface area (TPSA) is 121 Å². The van der Waals surface area contributed by atoms with Crippen molar-refractivity contribution >= 4 is 18.1 Å². The first-order valence-corrected chi connectivity index (χ1v) is 7.11. The van der Waals surface area contributed by atoms with Gasteiger partial charge in [0.05, 0.1) is 13.2 Å². The first-order chi connectivity index (χ1) is 12.1. The van der Waals surface area contributed by atoms with Gasteiger partial charge in [-0.2, -0.15) is 4.79 Å². The summed E-state index contributed by atoms with van der Waals surface area (Å²) >= 11 is 0. The van der Waals surface area contributed by atoms with Gasteiger partial charge in [-0.25, -0.2) is 4.79 Å². The number of Topliss-reactive ketones (excluding diaryl/α,β-unsaturated/α-hetero) is 1. The standard InChI is InChI=1S/C16H19N3O5/c1-2-8-23-14(10-20)15(13(21)9-18-17)19-16(22)24-11-12-6-4-3-5-7-12/h2-7,9,14-15,20H,1,8,10-11H2,(H,19,22)/t14?,15-/m1/s1/i20T. The molecule has 0 aromatic heterocycles. The van der Waals surface area contributed by atoms with E-state index in [9.17, 15) is 9.59 Å². The Morgan fingerprint density at radius 2 is 2.21 bits per heavy atom. The lowest BCUT2D eigenvalue weighted by Gasteiger charge is -2.23. The Morgan fingerprint density at radius 3 is 2.83 bits per heavy atom. The molecular weight excluding hydrogens is 314 g/mol. The minimum Gasteiger partial charge on any atom is -0.445 e. The first kappa shape index (κ1) is 17.6. The Kier molecular flexibility index (Phi) is 7.93. The molecule has 0 radical (unpaired) electrons. The van der Waals surface area contributed by atoms with E-state index in [4.69, 9.17) is 16.4 Å². The van der Waals surface area contributed by atoms with Crippen molar-refractivity contribution in [2.24, 2.45) is 0 Å². The molecule has 0 saturated carbocycles. The number of carbonyl (C=O) groups is 2. The molecule has 0 fully saturated rings. The number of benzene rings is 1. The van der Waals surface area contributed by atoms with Crippen molar-refractivity contribution in [1.82, 2.24) is 5.32 Å². The Bertz CT molecular complexity index is 619. The van der Waals surface area contributed by atoms with Crippen LogP contribution in [0.1, 0.15) is 5.56 Å². The molecule has 0 aliphatic rings. The van der Waals surface area contributed by atoms with E-state index in [0.717, 1.165) is 5.56 Å². The molecule has 2 atom stereocenters. The fourth-order valence-electron chi connectivity index (χ4n) is 1.81. The van der Waals surface area contributed by atoms with Crippen LogP contribution in [0.5, 0.6) is 0 Å². The fraction of sp³-hybridized carbons (Fsp3) is 0.312. The lowest BCUT2D eigenvalue weighted by atomic mass is 10.1. The summed E-state index contributed by atoms with van der Waals surface area (Å²) in [5.41, 5.74) is 9.31. The highest BCUT2D eigenvalue weighted by Gasteiger charge is 2.31. The smallest absolute Gasteiger partial charge is 0.408 e. The van der Waals surface area contributed by atoms with Gasteiger partial charge in [-0.1, -0.05) is 36.4 Å². The Balaban J connectivity index is 2.76. The third kappa shape index (κ3) is 6.53. The van der Waals surface area contributed by atoms with Crippen molar-refractivity contribution in [2.75, 3.05) is 13.2 Å². The average molecular weight is 335 g/mol. The number of rotatable bonds is 11. The molecule has 0 spiro atoms. The molecule has 1 amide bonds. The number of nitrogens with zero attached hydrogens (tertiary/aromatic N) is 2. The summed E-state index contributed by atoms with van der Waals surface area (Å²) in [5, 5.41) is 6.59. The van der Waals surface area contributed by atoms with Crippen LogP contribution in [0.15, 0.2) is 43.0 Å². The van der Waals surface area contributed by atoms with Crippen LogP contribution in [-0.4, -0.2) is 54.8 Å². The van der Waals surface area contributed by atoms with Gasteiger partial charge in [-0.15, -0.1) is 6.58 Å². The molecule has 1 unspecified atom stereocenters. The maximum atomic E-state index is 12.0. The molecular formula is C16H19N3O5. The van der Waals surface area contributed by atoms with Crippen molar-refractivity contribution in [3.05, 3.63) is 54.1 Å². The third-order valence-corrected chi connectivity index (χ3v) is 2.94. The summed E-state index contributed by atoms with van der Waals surface area (Å²) in [5.74, 6) is -0.745. The molecule has 24 heavy (non-hydrogen) atoms. The molecule has 8 heteroatoms. The Hall–Kier alpha value is -2.80. The van der Waals surface area contributed by atoms with E-state index in [1.165, 1.54) is 6.08 Å². The maximum Gasteiger partial charge on any atom is 0.408 e. The van der Waals surface area contributed by atoms with Gasteiger partial charge in [0.25, 0.3) is 5.78 Å². The molecule has 0 bridgehead atoms. The second-order valence-corrected chi connectivity index (χ2v) is 4.66. The van der Waals surface area contributed by atoms with Crippen molar-refractivity contribution in [3.8, 4) is 0 Å². The van der Waals surface area contributed by atoms with E-state index in [1.807, 2.05) is 6.07 Å². The number of aliphatic hydroxyl groups excluding tert-OH is 1. The summed E-state index contributed by atoms with van der Waals surface area (Å²) < 4.78 is 17.2. The number of amides is 1. The van der Waals surface area contributed by atoms with Crippen LogP contribution in [0.4, 0.5) is 4.79 Å². The minimum atomic E-state index is -1.26. The maximum absolute atomic E-state index is 12.0. The average Bonchev–Trinajstić information content (AvgIpc) is 2.62. The van der Waals surface area contributed by atoms with Gasteiger partial charge in [-0.3, -0.25) is 4.79 Å². The lowest BCUT2D eigenvalue weighted by molar-refractivity contribution is -0.122. The SMILES string of the molecule is [3H]OCC(OCC=C)[C@H](NC(=O)OCc1ccccc1)C(=O)C=[N+]=[N-]. The molecule has 1 aromatic carbocycles. The number of nitrogens with one attached hydrogen (secondary N) is 1. The summed E-state index contributed by atoms with van der Waals surface area (Å²) in [6, 6.07) is 7.71. The summed E-state index contributed by atoms with van der Waals surface area (Å²) in [6.07, 6.45) is 0.193. The summed E-state index contributed by atoms with van der Waals surface area (Å²) in [6.45, 7) is 3.25. The predicted molar refractivity (Wildman–Crippen MR) is 85.3 cm³/mol. The highest BCUT2D eigenvalue weighted by molar-refractivity contribution is 6.28. The van der Waals surface area contributed by atoms with E-state index >= 15 is 0 Å². The van der Waals surface area contributed by atoms with Gasteiger partial charge in [0.1, 0.15) is 18.8 Å². The van der Waals surface area contributed by atoms with Crippen LogP contribution in [0, 0.1) is 0 Å². The molecule has 0 saturated heterocycles. The van der Waals surface area contributed by atoms with E-state index in [0.29, 0.717) is 6.21 Å². The van der Waals surface area contributed by atoms with Gasteiger partial charge in [0.15, 0.2) is 0 Å². The number of hydrogen-bond acceptors (Lipinski definition) is 5. The zero-order chi connectivity index (χ0) is 18.5. The second kappa shape index (κ2) is 10.8. The first-order valence-electron chi connectivity index (χ1n) is 7.52. The second-order valence-electron chi connectivity index (χ2n) is 4.66. The predicted octanol–water partition coefficient (Wildman–Crippen LogP) is 0.715. The molecule has 128 valence electrons. The van der Waals surface area contributed by atoms with Gasteiger partial charge in [0, 0.05) is 0 Å². The number of ether oxygens (including phenoxy) is 2. The Morgan fingerprint density at radius 1 is 1.46 bits per heavy atom. The van der Waals surface area contributed by atoms with Gasteiger partial charge >= 0.3 is 12.3 Å². The van der Waals surface area contributed by atoms with E-state index in [-0.39, 0.29) is 19.8 Å². The summed E-state index contributed by atoms with van der Waals surface area (Å²) in [7, 11) is 0. The number of ketones is 1. The number of carbonyl (C=O) groups excluding carboxylic acids is 2. The molecule has 1 rings (SSSR count). The minimum absolute atomic E-state index is 0.00873. The van der Waals surface area contributed by atoms with Crippen LogP contribution < -0.4 is 5.32 Å². The molecule has 0 aliphatic carbocycles. The number of aliphatic hydroxyl groups is 1. The van der Waals surface area contributed by atoms with Crippen LogP contribution in [0.25, 0.3) is 5.53 Å². The van der Waals surface area contributed by atoms with Crippen LogP contribution in [0.2, 0.25) is 0 Å². The van der Waals surface area contributed by atoms with Crippen molar-refractivity contribution in [2.45, 2.75) is 18.8 Å². The highest BCUT2D eigenvalue weighted by atomic mass is 16.5. The third-order valence-electron chi connectivity index (χ3n) is 2.94. The highest BCUT2D eigenvalue weighted by Crippen LogP contribution is 2.04. The molecule has 1 aromatic rings. The van der Waals surface area contributed by atoms with Gasteiger partial charge < -0.3 is 25.4 Å². The lowest BCUT2D eigenvalue weighted by Crippen LogP contribution is -2.52. The van der Waals surface area contributed by atoms with E-state index < -0.39 is 24.0 Å². The van der Waals surface area contributed by atoms with Gasteiger partial charge in [-0.05, 0) is 5.56 Å². The molecule has 8 nitrogen and oxygen atoms in total. The monoisotopic (exact) mass is 335 g/mol. The summed E-state index contributed by atoms with van der Waals surface area (Å²) in [4.78, 5) is 26.6. The Labute approximate surface area is 140 Å². The van der Waals surface area contributed by atoms with Crippen molar-refractivity contribution in [1.29, 1.82) is 1.43 Å². The van der Waals surface area contributed by atoms with Crippen molar-refractivity contribution in [3.63, 3.8) is 0 Å². The largest absolute Gasteiger partial charge is 0.445 e. The fourth-order valence-corrected chi connectivity index (χ4v) is 1.81. The van der Waals surface area contributed by atoms with Crippen LogP contribution in [-0.2, 0) is 20.9 Å². The van der Waals surface area contributed by atoms with E-state index in [2.05, 4.69) is 21.8 Å². The van der Waals surface area contributed by atoms with E-state index in [1.54, 1.807) is 24.3 Å². The molecule has 2 N–H and O–H groups in total. The van der Waals surface area contributed by atoms with Crippen molar-refractivity contribution < 1.29 is 29.0 Å². The number of alkyl carbamates (subject to hydrolysis) is 1. The zero-order valence-corrected chi connectivity index (χ0v) is 13.0. The van der Waals surface area contributed by atoms with Crippen LogP contribution in [0.3, 0.4) is 0 Å². The normalized spacial score (nSPS) is 12.9. The quantitative estimate of drug-likeness (QED) is 0.267.